The number of amides is 1. The molecule has 0 aromatic heterocycles. The van der Waals surface area contributed by atoms with E-state index in [2.05, 4.69) is 10.1 Å². The van der Waals surface area contributed by atoms with Crippen LogP contribution in [0.4, 0.5) is 5.69 Å². The van der Waals surface area contributed by atoms with Crippen LogP contribution in [0.15, 0.2) is 6.07 Å². The zero-order valence-electron chi connectivity index (χ0n) is 9.63. The van der Waals surface area contributed by atoms with Crippen molar-refractivity contribution in [2.24, 2.45) is 0 Å². The lowest BCUT2D eigenvalue weighted by Gasteiger charge is -2.13. The van der Waals surface area contributed by atoms with Crippen LogP contribution in [0.5, 0.6) is 5.75 Å². The first-order valence-electron chi connectivity index (χ1n) is 4.76. The van der Waals surface area contributed by atoms with E-state index in [-0.39, 0.29) is 27.9 Å². The third-order valence-corrected chi connectivity index (χ3v) is 2.50. The van der Waals surface area contributed by atoms with Crippen LogP contribution in [0.25, 0.3) is 0 Å². The highest BCUT2D eigenvalue weighted by molar-refractivity contribution is 6.34. The Morgan fingerprint density at radius 2 is 2.06 bits per heavy atom. The first-order chi connectivity index (χ1) is 7.88. The minimum atomic E-state index is -0.693. The van der Waals surface area contributed by atoms with Crippen molar-refractivity contribution in [1.82, 2.24) is 0 Å². The minimum Gasteiger partial charge on any atom is -0.507 e. The number of anilines is 1. The lowest BCUT2D eigenvalue weighted by molar-refractivity contribution is -0.114. The SMILES string of the molecule is COC(=O)c1cc(Cl)c(NC(C)=O)c(C)c1O. The summed E-state index contributed by atoms with van der Waals surface area (Å²) in [4.78, 5) is 22.3. The molecule has 5 nitrogen and oxygen atoms in total. The maximum atomic E-state index is 11.3. The van der Waals surface area contributed by atoms with Gasteiger partial charge in [0.2, 0.25) is 5.91 Å². The van der Waals surface area contributed by atoms with E-state index in [0.717, 1.165) is 0 Å². The lowest BCUT2D eigenvalue weighted by atomic mass is 10.1. The quantitative estimate of drug-likeness (QED) is 0.796. The van der Waals surface area contributed by atoms with Gasteiger partial charge in [0.25, 0.3) is 0 Å². The Labute approximate surface area is 103 Å². The van der Waals surface area contributed by atoms with Gasteiger partial charge in [0.1, 0.15) is 11.3 Å². The highest BCUT2D eigenvalue weighted by atomic mass is 35.5. The fraction of sp³-hybridized carbons (Fsp3) is 0.273. The zero-order chi connectivity index (χ0) is 13.2. The molecule has 0 saturated carbocycles. The van der Waals surface area contributed by atoms with Crippen molar-refractivity contribution in [3.05, 3.63) is 22.2 Å². The highest BCUT2D eigenvalue weighted by Crippen LogP contribution is 2.35. The second-order valence-corrected chi connectivity index (χ2v) is 3.83. The molecular weight excluding hydrogens is 246 g/mol. The Bertz CT molecular complexity index is 485. The molecule has 0 unspecified atom stereocenters. The van der Waals surface area contributed by atoms with Crippen LogP contribution in [0, 0.1) is 6.92 Å². The molecule has 0 aliphatic rings. The van der Waals surface area contributed by atoms with Gasteiger partial charge in [0.05, 0.1) is 17.8 Å². The maximum Gasteiger partial charge on any atom is 0.341 e. The van der Waals surface area contributed by atoms with Gasteiger partial charge in [-0.15, -0.1) is 0 Å². The van der Waals surface area contributed by atoms with Crippen LogP contribution in [-0.4, -0.2) is 24.1 Å². The number of hydrogen-bond acceptors (Lipinski definition) is 4. The van der Waals surface area contributed by atoms with E-state index in [1.54, 1.807) is 6.92 Å². The van der Waals surface area contributed by atoms with Gasteiger partial charge in [-0.3, -0.25) is 4.79 Å². The van der Waals surface area contributed by atoms with E-state index in [1.165, 1.54) is 20.1 Å². The highest BCUT2D eigenvalue weighted by Gasteiger charge is 2.19. The molecule has 2 N–H and O–H groups in total. The third-order valence-electron chi connectivity index (χ3n) is 2.20. The Balaban J connectivity index is 3.36. The Kier molecular flexibility index (Phi) is 3.96. The summed E-state index contributed by atoms with van der Waals surface area (Å²) in [6, 6.07) is 1.25. The number of aromatic hydroxyl groups is 1. The number of halogens is 1. The van der Waals surface area contributed by atoms with Gasteiger partial charge < -0.3 is 15.2 Å². The Morgan fingerprint density at radius 1 is 1.47 bits per heavy atom. The number of methoxy groups -OCH3 is 1. The summed E-state index contributed by atoms with van der Waals surface area (Å²) < 4.78 is 4.50. The predicted octanol–water partition coefficient (Wildman–Crippen LogP) is 2.10. The normalized spacial score (nSPS) is 9.88. The van der Waals surface area contributed by atoms with E-state index in [9.17, 15) is 14.7 Å². The number of rotatable bonds is 2. The van der Waals surface area contributed by atoms with Crippen molar-refractivity contribution in [3.8, 4) is 5.75 Å². The Hall–Kier alpha value is -1.75. The second-order valence-electron chi connectivity index (χ2n) is 3.43. The Morgan fingerprint density at radius 3 is 2.53 bits per heavy atom. The van der Waals surface area contributed by atoms with Gasteiger partial charge in [0.15, 0.2) is 0 Å². The monoisotopic (exact) mass is 257 g/mol. The molecule has 0 spiro atoms. The van der Waals surface area contributed by atoms with Crippen molar-refractivity contribution in [2.45, 2.75) is 13.8 Å². The molecule has 92 valence electrons. The van der Waals surface area contributed by atoms with Gasteiger partial charge in [-0.25, -0.2) is 4.79 Å². The van der Waals surface area contributed by atoms with E-state index >= 15 is 0 Å². The molecule has 0 aliphatic heterocycles. The van der Waals surface area contributed by atoms with Gasteiger partial charge in [0, 0.05) is 12.5 Å². The van der Waals surface area contributed by atoms with Crippen LogP contribution in [-0.2, 0) is 9.53 Å². The number of hydrogen-bond donors (Lipinski definition) is 2. The molecule has 1 aromatic carbocycles. The molecule has 1 rings (SSSR count). The average Bonchev–Trinajstić information content (AvgIpc) is 2.28. The number of phenolic OH excluding ortho intramolecular Hbond substituents is 1. The number of phenols is 1. The molecule has 0 radical (unpaired) electrons. The largest absolute Gasteiger partial charge is 0.507 e. The molecule has 0 atom stereocenters. The zero-order valence-corrected chi connectivity index (χ0v) is 10.4. The van der Waals surface area contributed by atoms with Gasteiger partial charge in [-0.1, -0.05) is 11.6 Å². The van der Waals surface area contributed by atoms with Gasteiger partial charge in [-0.05, 0) is 13.0 Å². The molecule has 17 heavy (non-hydrogen) atoms. The summed E-state index contributed by atoms with van der Waals surface area (Å²) in [6.07, 6.45) is 0. The average molecular weight is 258 g/mol. The predicted molar refractivity (Wildman–Crippen MR) is 63.5 cm³/mol. The van der Waals surface area contributed by atoms with Crippen LogP contribution < -0.4 is 5.32 Å². The van der Waals surface area contributed by atoms with Crippen LogP contribution in [0.2, 0.25) is 5.02 Å². The lowest BCUT2D eigenvalue weighted by Crippen LogP contribution is -2.10. The maximum absolute atomic E-state index is 11.3. The molecule has 1 amide bonds. The first kappa shape index (κ1) is 13.3. The van der Waals surface area contributed by atoms with Gasteiger partial charge >= 0.3 is 5.97 Å². The summed E-state index contributed by atoms with van der Waals surface area (Å²) in [5.41, 5.74) is 0.557. The smallest absolute Gasteiger partial charge is 0.341 e. The minimum absolute atomic E-state index is 0.0379. The topological polar surface area (TPSA) is 75.6 Å². The number of benzene rings is 1. The summed E-state index contributed by atoms with van der Waals surface area (Å²) in [6.45, 7) is 2.86. The molecule has 0 heterocycles. The molecule has 6 heteroatoms. The third kappa shape index (κ3) is 2.68. The van der Waals surface area contributed by atoms with Crippen molar-refractivity contribution < 1.29 is 19.4 Å². The fourth-order valence-corrected chi connectivity index (χ4v) is 1.66. The number of ether oxygens (including phenoxy) is 1. The van der Waals surface area contributed by atoms with E-state index in [1.807, 2.05) is 0 Å². The van der Waals surface area contributed by atoms with Crippen molar-refractivity contribution in [2.75, 3.05) is 12.4 Å². The van der Waals surface area contributed by atoms with Crippen molar-refractivity contribution in [3.63, 3.8) is 0 Å². The summed E-state index contributed by atoms with van der Waals surface area (Å²) in [5.74, 6) is -1.27. The fourth-order valence-electron chi connectivity index (χ4n) is 1.36. The first-order valence-corrected chi connectivity index (χ1v) is 5.14. The number of carbonyl (C=O) groups is 2. The van der Waals surface area contributed by atoms with Crippen molar-refractivity contribution >= 4 is 29.2 Å². The molecule has 0 aliphatic carbocycles. The van der Waals surface area contributed by atoms with E-state index in [4.69, 9.17) is 11.6 Å². The van der Waals surface area contributed by atoms with E-state index < -0.39 is 5.97 Å². The summed E-state index contributed by atoms with van der Waals surface area (Å²) in [5, 5.41) is 12.5. The second kappa shape index (κ2) is 5.05. The van der Waals surface area contributed by atoms with Crippen LogP contribution in [0.1, 0.15) is 22.8 Å². The standard InChI is InChI=1S/C11H12ClNO4/c1-5-9(13-6(2)14)8(12)4-7(10(5)15)11(16)17-3/h4,15H,1-3H3,(H,13,14). The molecular formula is C11H12ClNO4. The van der Waals surface area contributed by atoms with Gasteiger partial charge in [-0.2, -0.15) is 0 Å². The molecule has 1 aromatic rings. The van der Waals surface area contributed by atoms with Crippen LogP contribution in [0.3, 0.4) is 0 Å². The summed E-state index contributed by atoms with van der Waals surface area (Å²) >= 11 is 5.92. The number of nitrogens with one attached hydrogen (secondary N) is 1. The summed E-state index contributed by atoms with van der Waals surface area (Å²) in [7, 11) is 1.20. The number of carbonyl (C=O) groups excluding carboxylic acids is 2. The molecule has 0 fully saturated rings. The van der Waals surface area contributed by atoms with Crippen molar-refractivity contribution in [1.29, 1.82) is 0 Å². The molecule has 0 saturated heterocycles. The van der Waals surface area contributed by atoms with Crippen LogP contribution >= 0.6 is 11.6 Å². The van der Waals surface area contributed by atoms with E-state index in [0.29, 0.717) is 5.56 Å². The number of esters is 1. The molecule has 0 bridgehead atoms.